The van der Waals surface area contributed by atoms with Gasteiger partial charge in [0.25, 0.3) is 0 Å². The van der Waals surface area contributed by atoms with Gasteiger partial charge in [-0.05, 0) is 152 Å². The molecule has 9 aliphatic rings. The molecule has 9 fully saturated rings. The fourth-order valence-corrected chi connectivity index (χ4v) is 16.4. The lowest BCUT2D eigenvalue weighted by Crippen LogP contribution is -2.80. The van der Waals surface area contributed by atoms with Crippen molar-refractivity contribution in [3.63, 3.8) is 0 Å². The average molecular weight is 789 g/mol. The number of phosphoric acid groups is 1. The van der Waals surface area contributed by atoms with E-state index in [0.717, 1.165) is 78.4 Å². The Kier molecular flexibility index (Phi) is 13.1. The molecular formula is C46H77O8P. The lowest BCUT2D eigenvalue weighted by atomic mass is 9.20. The SMILES string of the molecule is O=P(O)(OC[C@@H](O)CO)OC[C@@H](COCCCCCCCCC1CC2C1C1C3C4CCC4C3C21)OCCCCCCCCC1CCC2C(C1)C1C3CCC3C21. The van der Waals surface area contributed by atoms with Crippen LogP contribution in [0.4, 0.5) is 0 Å². The first kappa shape index (κ1) is 40.4. The van der Waals surface area contributed by atoms with Gasteiger partial charge >= 0.3 is 7.82 Å². The Morgan fingerprint density at radius 3 is 1.78 bits per heavy atom. The molecule has 17 unspecified atom stereocenters. The number of phosphoric ester groups is 1. The second-order valence-electron chi connectivity index (χ2n) is 20.8. The number of aliphatic hydroxyl groups excluding tert-OH is 2. The lowest BCUT2D eigenvalue weighted by Gasteiger charge is -2.85. The number of rotatable bonds is 28. The average Bonchev–Trinajstić information content (AvgIpc) is 3.15. The molecule has 9 heteroatoms. The third-order valence-corrected chi connectivity index (χ3v) is 19.4. The summed E-state index contributed by atoms with van der Waals surface area (Å²) in [6.07, 6.45) is 28.5. The third-order valence-electron chi connectivity index (χ3n) is 18.4. The van der Waals surface area contributed by atoms with Crippen LogP contribution < -0.4 is 0 Å². The summed E-state index contributed by atoms with van der Waals surface area (Å²) in [5.41, 5.74) is 0. The molecule has 0 aromatic heterocycles. The van der Waals surface area contributed by atoms with Crippen molar-refractivity contribution >= 4 is 7.82 Å². The molecule has 0 saturated heterocycles. The van der Waals surface area contributed by atoms with Gasteiger partial charge in [0.1, 0.15) is 12.2 Å². The topological polar surface area (TPSA) is 115 Å². The normalized spacial score (nSPS) is 44.1. The molecule has 3 N–H and O–H groups in total. The number of ether oxygens (including phenoxy) is 2. The van der Waals surface area contributed by atoms with Gasteiger partial charge < -0.3 is 24.6 Å². The van der Waals surface area contributed by atoms with E-state index in [4.69, 9.17) is 23.6 Å². The molecule has 8 nitrogen and oxygen atoms in total. The van der Waals surface area contributed by atoms with Crippen molar-refractivity contribution < 1.29 is 38.2 Å². The van der Waals surface area contributed by atoms with Crippen LogP contribution >= 0.6 is 7.82 Å². The highest BCUT2D eigenvalue weighted by molar-refractivity contribution is 7.47. The zero-order chi connectivity index (χ0) is 37.5. The van der Waals surface area contributed by atoms with Gasteiger partial charge in [-0.1, -0.05) is 83.5 Å². The maximum Gasteiger partial charge on any atom is 0.472 e. The van der Waals surface area contributed by atoms with E-state index < -0.39 is 33.2 Å². The predicted molar refractivity (Wildman–Crippen MR) is 213 cm³/mol. The van der Waals surface area contributed by atoms with E-state index in [2.05, 4.69) is 0 Å². The molecule has 0 heterocycles. The van der Waals surface area contributed by atoms with Crippen molar-refractivity contribution in [2.75, 3.05) is 39.6 Å². The standard InChI is InChI=1S/C46H77O8P/c47-25-31(48)26-53-55(49,50)54-28-32(52-22-12-8-4-1-5-9-13-29-15-16-37-38(23-29)42-34-18-17-33(34)41(37)42)27-51-21-11-7-3-2-6-10-14-30-24-39-40(30)46-44-36-20-19-35(36)43(44)45(39)46/h29-48H,1-28H2,(H,49,50)/t29?,30?,31-,32+,33?,34?,35?,36?,37?,38?,39?,40?,41?,42?,43?,44?,45?,46?/m0/s1. The minimum atomic E-state index is -4.38. The fourth-order valence-electron chi connectivity index (χ4n) is 15.6. The van der Waals surface area contributed by atoms with Crippen LogP contribution in [-0.2, 0) is 23.1 Å². The van der Waals surface area contributed by atoms with E-state index in [9.17, 15) is 14.6 Å². The van der Waals surface area contributed by atoms with Crippen LogP contribution in [0.3, 0.4) is 0 Å². The minimum Gasteiger partial charge on any atom is -0.394 e. The Balaban J connectivity index is 0.586. The molecule has 0 aliphatic heterocycles. The molecule has 55 heavy (non-hydrogen) atoms. The Morgan fingerprint density at radius 2 is 1.07 bits per heavy atom. The van der Waals surface area contributed by atoms with E-state index in [1.54, 1.807) is 38.5 Å². The van der Waals surface area contributed by atoms with Gasteiger partial charge in [-0.2, -0.15) is 0 Å². The maximum atomic E-state index is 12.3. The smallest absolute Gasteiger partial charge is 0.394 e. The molecule has 19 atom stereocenters. The molecule has 0 aromatic rings. The monoisotopic (exact) mass is 789 g/mol. The number of hydrogen-bond acceptors (Lipinski definition) is 7. The maximum absolute atomic E-state index is 12.3. The van der Waals surface area contributed by atoms with Gasteiger partial charge in [0.05, 0.1) is 26.4 Å². The van der Waals surface area contributed by atoms with Crippen molar-refractivity contribution in [2.45, 2.75) is 153 Å². The Morgan fingerprint density at radius 1 is 0.527 bits per heavy atom. The van der Waals surface area contributed by atoms with E-state index in [1.165, 1.54) is 119 Å². The quantitative estimate of drug-likeness (QED) is 0.0408. The number of unbranched alkanes of at least 4 members (excludes halogenated alkanes) is 10. The highest BCUT2D eigenvalue weighted by Gasteiger charge is 2.79. The highest BCUT2D eigenvalue weighted by Crippen LogP contribution is 2.84. The van der Waals surface area contributed by atoms with Crippen molar-refractivity contribution in [3.05, 3.63) is 0 Å². The Labute approximate surface area is 332 Å². The molecular weight excluding hydrogens is 711 g/mol. The van der Waals surface area contributed by atoms with Crippen LogP contribution in [0.5, 0.6) is 0 Å². The molecule has 0 radical (unpaired) electrons. The molecule has 9 rings (SSSR count). The van der Waals surface area contributed by atoms with E-state index in [-0.39, 0.29) is 6.61 Å². The van der Waals surface area contributed by atoms with E-state index in [1.807, 2.05) is 0 Å². The van der Waals surface area contributed by atoms with Gasteiger partial charge in [-0.25, -0.2) is 4.57 Å². The molecule has 9 saturated carbocycles. The van der Waals surface area contributed by atoms with Crippen LogP contribution in [0.2, 0.25) is 0 Å². The second kappa shape index (κ2) is 17.9. The highest BCUT2D eigenvalue weighted by atomic mass is 31.2. The van der Waals surface area contributed by atoms with Crippen molar-refractivity contribution in [2.24, 2.45) is 94.7 Å². The first-order chi connectivity index (χ1) is 26.9. The van der Waals surface area contributed by atoms with Crippen molar-refractivity contribution in [3.8, 4) is 0 Å². The molecule has 314 valence electrons. The van der Waals surface area contributed by atoms with Gasteiger partial charge in [0, 0.05) is 13.2 Å². The lowest BCUT2D eigenvalue weighted by molar-refractivity contribution is -0.375. The van der Waals surface area contributed by atoms with E-state index in [0.29, 0.717) is 19.8 Å². The summed E-state index contributed by atoms with van der Waals surface area (Å²) in [4.78, 5) is 10.1. The zero-order valence-corrected chi connectivity index (χ0v) is 34.9. The van der Waals surface area contributed by atoms with Crippen molar-refractivity contribution in [1.29, 1.82) is 0 Å². The van der Waals surface area contributed by atoms with Crippen LogP contribution in [0.15, 0.2) is 0 Å². The number of aliphatic hydroxyl groups is 2. The van der Waals surface area contributed by atoms with Crippen LogP contribution in [-0.4, -0.2) is 67.0 Å². The number of hydrogen-bond donors (Lipinski definition) is 3. The summed E-state index contributed by atoms with van der Waals surface area (Å²) >= 11 is 0. The van der Waals surface area contributed by atoms with Gasteiger partial charge in [-0.3, -0.25) is 9.05 Å². The van der Waals surface area contributed by atoms with Crippen LogP contribution in [0, 0.1) is 94.7 Å². The fraction of sp³-hybridized carbons (Fsp3) is 1.00. The van der Waals surface area contributed by atoms with Crippen LogP contribution in [0.1, 0.15) is 141 Å². The molecule has 9 aliphatic carbocycles. The van der Waals surface area contributed by atoms with Crippen molar-refractivity contribution in [1.82, 2.24) is 0 Å². The predicted octanol–water partition coefficient (Wildman–Crippen LogP) is 9.44. The number of fused-ring (bicyclic) bond motifs is 17. The third kappa shape index (κ3) is 8.11. The Hall–Kier alpha value is -0.0500. The summed E-state index contributed by atoms with van der Waals surface area (Å²) in [6.45, 7) is 0.375. The van der Waals surface area contributed by atoms with Gasteiger partial charge in [-0.15, -0.1) is 0 Å². The summed E-state index contributed by atoms with van der Waals surface area (Å²) in [7, 11) is -4.38. The first-order valence-corrected chi connectivity index (χ1v) is 25.5. The summed E-state index contributed by atoms with van der Waals surface area (Å²) in [6, 6.07) is 0. The summed E-state index contributed by atoms with van der Waals surface area (Å²) in [5.74, 6) is 18.3. The molecule has 0 amide bonds. The van der Waals surface area contributed by atoms with Gasteiger partial charge in [0.15, 0.2) is 0 Å². The molecule has 0 bridgehead atoms. The summed E-state index contributed by atoms with van der Waals surface area (Å²) in [5, 5.41) is 18.5. The van der Waals surface area contributed by atoms with E-state index >= 15 is 0 Å². The summed E-state index contributed by atoms with van der Waals surface area (Å²) < 4.78 is 34.5. The first-order valence-electron chi connectivity index (χ1n) is 24.0. The van der Waals surface area contributed by atoms with Crippen LogP contribution in [0.25, 0.3) is 0 Å². The largest absolute Gasteiger partial charge is 0.472 e. The molecule has 0 spiro atoms. The molecule has 0 aromatic carbocycles. The zero-order valence-electron chi connectivity index (χ0n) is 34.0. The van der Waals surface area contributed by atoms with Gasteiger partial charge in [0.2, 0.25) is 0 Å². The minimum absolute atomic E-state index is 0.124. The Bertz CT molecular complexity index is 1290. The second-order valence-corrected chi connectivity index (χ2v) is 22.3.